The van der Waals surface area contributed by atoms with Crippen LogP contribution in [-0.4, -0.2) is 28.1 Å². The molecule has 0 saturated heterocycles. The topological polar surface area (TPSA) is 71.5 Å². The van der Waals surface area contributed by atoms with Crippen LogP contribution in [0.15, 0.2) is 29.9 Å². The Morgan fingerprint density at radius 1 is 1.24 bits per heavy atom. The van der Waals surface area contributed by atoms with Crippen LogP contribution in [0, 0.1) is 0 Å². The Hall–Kier alpha value is -2.56. The van der Waals surface area contributed by atoms with Crippen molar-refractivity contribution in [2.24, 2.45) is 0 Å². The van der Waals surface area contributed by atoms with Gasteiger partial charge in [0.2, 0.25) is 5.28 Å². The van der Waals surface area contributed by atoms with Crippen molar-refractivity contribution in [3.05, 3.63) is 50.7 Å². The van der Waals surface area contributed by atoms with Gasteiger partial charge in [-0.15, -0.1) is 11.3 Å². The van der Waals surface area contributed by atoms with Gasteiger partial charge in [0.15, 0.2) is 5.82 Å². The van der Waals surface area contributed by atoms with Crippen molar-refractivity contribution < 1.29 is 18.3 Å². The van der Waals surface area contributed by atoms with Crippen LogP contribution >= 0.6 is 34.5 Å². The maximum absolute atomic E-state index is 13.5. The summed E-state index contributed by atoms with van der Waals surface area (Å²) in [6.45, 7) is -0.0475. The van der Waals surface area contributed by atoms with Crippen LogP contribution in [-0.2, 0) is 6.54 Å². The molecule has 0 fully saturated rings. The predicted octanol–water partition coefficient (Wildman–Crippen LogP) is 5.46. The second-order valence-electron chi connectivity index (χ2n) is 5.86. The van der Waals surface area contributed by atoms with E-state index >= 15 is 0 Å². The quantitative estimate of drug-likeness (QED) is 0.486. The average Bonchev–Trinajstić information content (AvgIpc) is 3.09. The first-order valence-electron chi connectivity index (χ1n) is 8.08. The van der Waals surface area contributed by atoms with Crippen molar-refractivity contribution in [2.45, 2.75) is 13.0 Å². The average molecular weight is 458 g/mol. The number of ether oxygens (including phenoxy) is 1. The highest BCUT2D eigenvalue weighted by Crippen LogP contribution is 2.44. The van der Waals surface area contributed by atoms with E-state index in [0.717, 1.165) is 16.2 Å². The highest BCUT2D eigenvalue weighted by molar-refractivity contribution is 7.15. The van der Waals surface area contributed by atoms with Crippen molar-refractivity contribution in [1.29, 1.82) is 0 Å². The first-order valence-corrected chi connectivity index (χ1v) is 9.72. The van der Waals surface area contributed by atoms with Crippen LogP contribution in [0.4, 0.5) is 30.9 Å². The number of pyridine rings is 1. The number of aromatic nitrogens is 3. The number of urea groups is 1. The fraction of sp³-hybridized carbons (Fsp3) is 0.176. The zero-order valence-electron chi connectivity index (χ0n) is 14.6. The Morgan fingerprint density at radius 2 is 2.03 bits per heavy atom. The molecule has 0 bridgehead atoms. The summed E-state index contributed by atoms with van der Waals surface area (Å²) in [6, 6.07) is 2.51. The van der Waals surface area contributed by atoms with Crippen molar-refractivity contribution >= 4 is 57.9 Å². The summed E-state index contributed by atoms with van der Waals surface area (Å²) in [6.07, 6.45) is 0.0618. The van der Waals surface area contributed by atoms with Gasteiger partial charge in [0.25, 0.3) is 6.43 Å². The number of rotatable bonds is 4. The Labute approximate surface area is 177 Å². The molecular formula is C17H11Cl2F2N5O2S. The van der Waals surface area contributed by atoms with E-state index in [1.807, 2.05) is 0 Å². The van der Waals surface area contributed by atoms with Crippen molar-refractivity contribution in [1.82, 2.24) is 15.0 Å². The molecule has 1 aliphatic rings. The summed E-state index contributed by atoms with van der Waals surface area (Å²) in [7, 11) is 1.48. The molecule has 1 aliphatic heterocycles. The van der Waals surface area contributed by atoms with E-state index in [1.165, 1.54) is 29.8 Å². The second kappa shape index (κ2) is 7.69. The van der Waals surface area contributed by atoms with E-state index in [4.69, 9.17) is 27.9 Å². The third kappa shape index (κ3) is 3.47. The number of anilines is 3. The molecule has 2 amide bonds. The minimum Gasteiger partial charge on any atom is -0.495 e. The van der Waals surface area contributed by atoms with Crippen LogP contribution in [0.2, 0.25) is 9.62 Å². The third-order valence-electron chi connectivity index (χ3n) is 4.21. The van der Waals surface area contributed by atoms with Gasteiger partial charge in [-0.2, -0.15) is 4.98 Å². The summed E-state index contributed by atoms with van der Waals surface area (Å²) in [5, 5.41) is 1.17. The molecule has 29 heavy (non-hydrogen) atoms. The van der Waals surface area contributed by atoms with Gasteiger partial charge in [0.1, 0.15) is 15.9 Å². The molecule has 0 saturated carbocycles. The summed E-state index contributed by atoms with van der Waals surface area (Å²) in [5.74, 6) is 0.909. The molecule has 3 aromatic rings. The van der Waals surface area contributed by atoms with Gasteiger partial charge in [0, 0.05) is 17.1 Å². The first-order chi connectivity index (χ1) is 13.9. The molecule has 0 spiro atoms. The molecule has 4 heterocycles. The number of hydrogen-bond donors (Lipinski definition) is 0. The van der Waals surface area contributed by atoms with E-state index in [1.54, 1.807) is 12.1 Å². The maximum Gasteiger partial charge on any atom is 0.336 e. The van der Waals surface area contributed by atoms with E-state index in [9.17, 15) is 13.6 Å². The Bertz CT molecular complexity index is 1080. The molecule has 12 heteroatoms. The molecule has 0 unspecified atom stereocenters. The number of halogens is 4. The van der Waals surface area contributed by atoms with Crippen LogP contribution in [0.5, 0.6) is 5.75 Å². The maximum atomic E-state index is 13.5. The number of carbonyl (C=O) groups is 1. The monoisotopic (exact) mass is 457 g/mol. The van der Waals surface area contributed by atoms with E-state index in [2.05, 4.69) is 15.0 Å². The zero-order valence-corrected chi connectivity index (χ0v) is 17.0. The lowest BCUT2D eigenvalue weighted by Gasteiger charge is -2.35. The number of thiophene rings is 1. The molecule has 7 nitrogen and oxygen atoms in total. The van der Waals surface area contributed by atoms with Crippen LogP contribution in [0.25, 0.3) is 0 Å². The largest absolute Gasteiger partial charge is 0.495 e. The normalized spacial score (nSPS) is 13.8. The number of amides is 2. The summed E-state index contributed by atoms with van der Waals surface area (Å²) >= 11 is 13.0. The number of alkyl halides is 2. The van der Waals surface area contributed by atoms with Crippen molar-refractivity contribution in [3.63, 3.8) is 0 Å². The van der Waals surface area contributed by atoms with Crippen molar-refractivity contribution in [3.8, 4) is 5.75 Å². The predicted molar refractivity (Wildman–Crippen MR) is 106 cm³/mol. The summed E-state index contributed by atoms with van der Waals surface area (Å²) < 4.78 is 32.2. The second-order valence-corrected chi connectivity index (χ2v) is 7.68. The van der Waals surface area contributed by atoms with Gasteiger partial charge in [-0.25, -0.2) is 28.4 Å². The minimum atomic E-state index is -2.79. The number of fused-ring (bicyclic) bond motifs is 1. The highest BCUT2D eigenvalue weighted by atomic mass is 35.5. The molecule has 150 valence electrons. The van der Waals surface area contributed by atoms with Gasteiger partial charge in [-0.05, 0) is 23.7 Å². The summed E-state index contributed by atoms with van der Waals surface area (Å²) in [5.41, 5.74) is 0.124. The molecule has 4 rings (SSSR count). The molecule has 0 radical (unpaired) electrons. The Morgan fingerprint density at radius 3 is 2.69 bits per heavy atom. The smallest absolute Gasteiger partial charge is 0.336 e. The summed E-state index contributed by atoms with van der Waals surface area (Å²) in [4.78, 5) is 28.0. The van der Waals surface area contributed by atoms with Crippen LogP contribution in [0.3, 0.4) is 0 Å². The van der Waals surface area contributed by atoms with E-state index in [0.29, 0.717) is 11.3 Å². The molecular weight excluding hydrogens is 447 g/mol. The van der Waals surface area contributed by atoms with E-state index in [-0.39, 0.29) is 39.1 Å². The van der Waals surface area contributed by atoms with Gasteiger partial charge in [-0.1, -0.05) is 11.6 Å². The lowest BCUT2D eigenvalue weighted by Crippen LogP contribution is -2.46. The fourth-order valence-corrected chi connectivity index (χ4v) is 4.15. The number of hydrogen-bond acceptors (Lipinski definition) is 6. The van der Waals surface area contributed by atoms with E-state index < -0.39 is 12.5 Å². The zero-order chi connectivity index (χ0) is 20.7. The Kier molecular flexibility index (Phi) is 5.24. The van der Waals surface area contributed by atoms with Gasteiger partial charge in [-0.3, -0.25) is 4.90 Å². The number of carbonyl (C=O) groups excluding carboxylic acids is 1. The molecule has 0 N–H and O–H groups in total. The van der Waals surface area contributed by atoms with Crippen molar-refractivity contribution in [2.75, 3.05) is 16.9 Å². The minimum absolute atomic E-state index is 0.0456. The molecule has 0 aliphatic carbocycles. The molecule has 3 aromatic heterocycles. The van der Waals surface area contributed by atoms with Crippen LogP contribution < -0.4 is 14.5 Å². The van der Waals surface area contributed by atoms with Gasteiger partial charge in [0.05, 0.1) is 31.1 Å². The lowest BCUT2D eigenvalue weighted by atomic mass is 10.2. The first kappa shape index (κ1) is 19.7. The SMILES string of the molecule is COc1ccc(N2C(=O)N(c3c(C(F)F)csc3Cl)Cc3cnc(Cl)nc32)nc1. The van der Waals surface area contributed by atoms with Gasteiger partial charge >= 0.3 is 6.03 Å². The fourth-order valence-electron chi connectivity index (χ4n) is 2.90. The third-order valence-corrected chi connectivity index (χ3v) is 5.61. The van der Waals surface area contributed by atoms with Gasteiger partial charge < -0.3 is 4.74 Å². The highest BCUT2D eigenvalue weighted by Gasteiger charge is 2.38. The Balaban J connectivity index is 1.87. The molecule has 0 aromatic carbocycles. The molecule has 0 atom stereocenters. The number of methoxy groups -OCH3 is 1. The number of nitrogens with zero attached hydrogens (tertiary/aromatic N) is 5. The van der Waals surface area contributed by atoms with Crippen LogP contribution in [0.1, 0.15) is 17.6 Å². The standard InChI is InChI=1S/C17H11Cl2F2N5O2S/c1-28-9-2-3-11(22-5-9)26-15-8(4-23-16(19)24-15)6-25(17(26)27)12-10(14(20)21)7-29-13(12)18/h2-5,7,14H,6H2,1H3. The lowest BCUT2D eigenvalue weighted by molar-refractivity contribution is 0.152.